The number of aromatic amines is 1. The van der Waals surface area contributed by atoms with Gasteiger partial charge in [-0.25, -0.2) is 4.98 Å². The highest BCUT2D eigenvalue weighted by atomic mass is 32.2. The molecule has 2 aromatic carbocycles. The largest absolute Gasteiger partial charge is 0.329 e. The Balaban J connectivity index is 1.34. The van der Waals surface area contributed by atoms with E-state index in [1.165, 1.54) is 23.0 Å². The summed E-state index contributed by atoms with van der Waals surface area (Å²) in [5, 5.41) is 7.53. The van der Waals surface area contributed by atoms with Gasteiger partial charge in [-0.2, -0.15) is 5.10 Å². The van der Waals surface area contributed by atoms with E-state index < -0.39 is 0 Å². The van der Waals surface area contributed by atoms with Crippen molar-refractivity contribution in [2.75, 3.05) is 0 Å². The Hall–Kier alpha value is -2.60. The van der Waals surface area contributed by atoms with Crippen LogP contribution in [0.5, 0.6) is 0 Å². The van der Waals surface area contributed by atoms with Gasteiger partial charge in [0.2, 0.25) is 0 Å². The molecule has 2 aliphatic rings. The summed E-state index contributed by atoms with van der Waals surface area (Å²) in [6.45, 7) is 0. The first kappa shape index (κ1) is 18.4. The van der Waals surface area contributed by atoms with Crippen molar-refractivity contribution in [2.45, 2.75) is 55.1 Å². The number of H-pyrrole nitrogens is 1. The normalized spacial score (nSPS) is 18.3. The molecule has 0 bridgehead atoms. The Morgan fingerprint density at radius 3 is 2.69 bits per heavy atom. The summed E-state index contributed by atoms with van der Waals surface area (Å²) in [5.41, 5.74) is 4.71. The summed E-state index contributed by atoms with van der Waals surface area (Å²) in [7, 11) is 0. The van der Waals surface area contributed by atoms with Crippen LogP contribution in [-0.2, 0) is 12.2 Å². The molecular formula is C23H24N4OS. The molecule has 0 saturated heterocycles. The zero-order chi connectivity index (χ0) is 19.6. The molecule has 0 spiro atoms. The van der Waals surface area contributed by atoms with E-state index in [0.717, 1.165) is 48.6 Å². The van der Waals surface area contributed by atoms with Crippen molar-refractivity contribution in [3.05, 3.63) is 77.1 Å². The summed E-state index contributed by atoms with van der Waals surface area (Å²) in [6, 6.07) is 17.3. The zero-order valence-electron chi connectivity index (χ0n) is 16.3. The number of hydrogen-bond donors (Lipinski definition) is 1. The van der Waals surface area contributed by atoms with Crippen LogP contribution in [0.25, 0.3) is 0 Å². The molecule has 1 amide bonds. The van der Waals surface area contributed by atoms with Crippen molar-refractivity contribution in [2.24, 2.45) is 0 Å². The Bertz CT molecular complexity index is 982. The average Bonchev–Trinajstić information content (AvgIpc) is 3.46. The number of thioether (sulfide) groups is 1. The second-order valence-electron chi connectivity index (χ2n) is 7.83. The van der Waals surface area contributed by atoms with Crippen molar-refractivity contribution in [1.29, 1.82) is 0 Å². The van der Waals surface area contributed by atoms with Gasteiger partial charge >= 0.3 is 0 Å². The Morgan fingerprint density at radius 2 is 1.93 bits per heavy atom. The first-order valence-corrected chi connectivity index (χ1v) is 11.3. The van der Waals surface area contributed by atoms with Crippen LogP contribution in [-0.4, -0.2) is 32.0 Å². The van der Waals surface area contributed by atoms with Crippen molar-refractivity contribution in [3.63, 3.8) is 0 Å². The number of carbonyl (C=O) groups excluding carboxylic acids is 1. The van der Waals surface area contributed by atoms with Gasteiger partial charge in [-0.15, -0.1) is 0 Å². The van der Waals surface area contributed by atoms with Gasteiger partial charge in [0, 0.05) is 17.4 Å². The van der Waals surface area contributed by atoms with Gasteiger partial charge in [-0.3, -0.25) is 9.89 Å². The van der Waals surface area contributed by atoms with E-state index in [9.17, 15) is 4.79 Å². The molecular weight excluding hydrogens is 380 g/mol. The summed E-state index contributed by atoms with van der Waals surface area (Å²) in [6.07, 6.45) is 7.09. The zero-order valence-corrected chi connectivity index (χ0v) is 17.1. The van der Waals surface area contributed by atoms with E-state index in [2.05, 4.69) is 56.5 Å². The molecule has 29 heavy (non-hydrogen) atoms. The van der Waals surface area contributed by atoms with Crippen LogP contribution in [0.4, 0.5) is 0 Å². The molecule has 1 atom stereocenters. The lowest BCUT2D eigenvalue weighted by atomic mass is 9.86. The van der Waals surface area contributed by atoms with Crippen LogP contribution in [0.3, 0.4) is 0 Å². The highest BCUT2D eigenvalue weighted by Crippen LogP contribution is 2.41. The number of aryl methyl sites for hydroxylation is 1. The van der Waals surface area contributed by atoms with Crippen LogP contribution in [0, 0.1) is 0 Å². The third-order valence-electron chi connectivity index (χ3n) is 5.82. The van der Waals surface area contributed by atoms with Crippen molar-refractivity contribution in [3.8, 4) is 0 Å². The van der Waals surface area contributed by atoms with Crippen LogP contribution < -0.4 is 0 Å². The van der Waals surface area contributed by atoms with Gasteiger partial charge in [0.1, 0.15) is 6.33 Å². The first-order valence-electron chi connectivity index (χ1n) is 10.3. The lowest BCUT2D eigenvalue weighted by molar-refractivity contribution is 0.0638. The molecule has 1 heterocycles. The maximum atomic E-state index is 13.5. The molecule has 5 nitrogen and oxygen atoms in total. The lowest BCUT2D eigenvalue weighted by Crippen LogP contribution is -2.38. The van der Waals surface area contributed by atoms with E-state index in [4.69, 9.17) is 0 Å². The van der Waals surface area contributed by atoms with Gasteiger partial charge < -0.3 is 4.90 Å². The molecule has 1 fully saturated rings. The average molecular weight is 405 g/mol. The molecule has 0 radical (unpaired) electrons. The fraction of sp³-hybridized carbons (Fsp3) is 0.348. The first-order chi connectivity index (χ1) is 14.3. The highest BCUT2D eigenvalue weighted by molar-refractivity contribution is 7.98. The highest BCUT2D eigenvalue weighted by Gasteiger charge is 2.39. The minimum absolute atomic E-state index is 0.170. The topological polar surface area (TPSA) is 61.9 Å². The van der Waals surface area contributed by atoms with E-state index in [1.54, 1.807) is 11.8 Å². The third kappa shape index (κ3) is 3.94. The molecule has 5 rings (SSSR count). The summed E-state index contributed by atoms with van der Waals surface area (Å²) >= 11 is 1.61. The maximum absolute atomic E-state index is 13.5. The molecule has 1 unspecified atom stereocenters. The van der Waals surface area contributed by atoms with Gasteiger partial charge in [0.15, 0.2) is 5.16 Å². The third-order valence-corrected chi connectivity index (χ3v) is 6.77. The van der Waals surface area contributed by atoms with Gasteiger partial charge in [0.25, 0.3) is 5.91 Å². The predicted molar refractivity (Wildman–Crippen MR) is 114 cm³/mol. The van der Waals surface area contributed by atoms with Crippen LogP contribution in [0.2, 0.25) is 0 Å². The number of hydrogen-bond acceptors (Lipinski definition) is 4. The second-order valence-corrected chi connectivity index (χ2v) is 8.79. The minimum atomic E-state index is 0.170. The number of amides is 1. The number of nitrogens with zero attached hydrogens (tertiary/aromatic N) is 3. The second kappa shape index (κ2) is 8.03. The van der Waals surface area contributed by atoms with Crippen LogP contribution in [0.1, 0.15) is 58.8 Å². The van der Waals surface area contributed by atoms with Gasteiger partial charge in [-0.1, -0.05) is 48.2 Å². The lowest BCUT2D eigenvalue weighted by Gasteiger charge is -2.36. The van der Waals surface area contributed by atoms with Gasteiger partial charge in [-0.05, 0) is 60.9 Å². The molecule has 3 aromatic rings. The number of carbonyl (C=O) groups is 1. The molecule has 2 aliphatic carbocycles. The van der Waals surface area contributed by atoms with E-state index in [1.807, 2.05) is 12.1 Å². The molecule has 1 N–H and O–H groups in total. The predicted octanol–water partition coefficient (Wildman–Crippen LogP) is 4.78. The summed E-state index contributed by atoms with van der Waals surface area (Å²) in [4.78, 5) is 19.8. The SMILES string of the molecule is O=C(c1ccc(CSc2ncn[nH]2)cc1)N(C1CC1)C1CCCc2ccccc21. The molecule has 1 aromatic heterocycles. The molecule has 0 aliphatic heterocycles. The smallest absolute Gasteiger partial charge is 0.254 e. The van der Waals surface area contributed by atoms with E-state index in [-0.39, 0.29) is 11.9 Å². The minimum Gasteiger partial charge on any atom is -0.329 e. The fourth-order valence-corrected chi connectivity index (χ4v) is 4.97. The number of aromatic nitrogens is 3. The van der Waals surface area contributed by atoms with E-state index >= 15 is 0 Å². The summed E-state index contributed by atoms with van der Waals surface area (Å²) in [5.74, 6) is 0.968. The Labute approximate surface area is 174 Å². The van der Waals surface area contributed by atoms with Crippen LogP contribution >= 0.6 is 11.8 Å². The number of rotatable bonds is 6. The number of nitrogens with one attached hydrogen (secondary N) is 1. The van der Waals surface area contributed by atoms with E-state index in [0.29, 0.717) is 6.04 Å². The number of fused-ring (bicyclic) bond motifs is 1. The van der Waals surface area contributed by atoms with Crippen molar-refractivity contribution >= 4 is 17.7 Å². The number of benzene rings is 2. The van der Waals surface area contributed by atoms with Gasteiger partial charge in [0.05, 0.1) is 6.04 Å². The molecule has 1 saturated carbocycles. The monoisotopic (exact) mass is 404 g/mol. The van der Waals surface area contributed by atoms with Crippen LogP contribution in [0.15, 0.2) is 60.0 Å². The quantitative estimate of drug-likeness (QED) is 0.601. The van der Waals surface area contributed by atoms with Crippen molar-refractivity contribution in [1.82, 2.24) is 20.1 Å². The standard InChI is InChI=1S/C23H24N4OS/c28-22(18-10-8-16(9-11-18)14-29-23-24-15-25-26-23)27(19-12-13-19)21-7-3-5-17-4-1-2-6-20(17)21/h1-2,4,6,8-11,15,19,21H,3,5,7,12-14H2,(H,24,25,26). The fourth-order valence-electron chi connectivity index (χ4n) is 4.24. The molecule has 148 valence electrons. The molecule has 6 heteroatoms. The summed E-state index contributed by atoms with van der Waals surface area (Å²) < 4.78 is 0. The Kier molecular flexibility index (Phi) is 5.10. The maximum Gasteiger partial charge on any atom is 0.254 e. The van der Waals surface area contributed by atoms with Crippen molar-refractivity contribution < 1.29 is 4.79 Å². The Morgan fingerprint density at radius 1 is 1.10 bits per heavy atom.